The van der Waals surface area contributed by atoms with Crippen LogP contribution < -0.4 is 5.32 Å². The van der Waals surface area contributed by atoms with Crippen molar-refractivity contribution in [3.05, 3.63) is 35.1 Å². The van der Waals surface area contributed by atoms with E-state index in [9.17, 15) is 9.18 Å². The van der Waals surface area contributed by atoms with E-state index < -0.39 is 5.82 Å². The molecule has 20 heavy (non-hydrogen) atoms. The molecule has 1 aliphatic carbocycles. The quantitative estimate of drug-likeness (QED) is 0.827. The van der Waals surface area contributed by atoms with E-state index in [-0.39, 0.29) is 24.1 Å². The van der Waals surface area contributed by atoms with Gasteiger partial charge in [-0.15, -0.1) is 0 Å². The second-order valence-corrected chi connectivity index (χ2v) is 4.95. The highest BCUT2D eigenvalue weighted by Crippen LogP contribution is 2.33. The topological polar surface area (TPSA) is 49.3 Å². The van der Waals surface area contributed by atoms with Crippen molar-refractivity contribution < 1.29 is 14.3 Å². The molecule has 3 nitrogen and oxygen atoms in total. The summed E-state index contributed by atoms with van der Waals surface area (Å²) in [6.45, 7) is 2.07. The van der Waals surface area contributed by atoms with E-state index in [2.05, 4.69) is 24.1 Å². The summed E-state index contributed by atoms with van der Waals surface area (Å²) >= 11 is 0. The van der Waals surface area contributed by atoms with Crippen molar-refractivity contribution in [3.63, 3.8) is 0 Å². The van der Waals surface area contributed by atoms with Crippen LogP contribution >= 0.6 is 0 Å². The summed E-state index contributed by atoms with van der Waals surface area (Å²) < 4.78 is 13.7. The number of hydrogen-bond acceptors (Lipinski definition) is 2. The Bertz CT molecular complexity index is 559. The number of aliphatic hydroxyl groups is 1. The number of carbonyl (C=O) groups excluding carboxylic acids is 1. The molecule has 1 aromatic carbocycles. The summed E-state index contributed by atoms with van der Waals surface area (Å²) in [5, 5.41) is 11.5. The molecule has 1 aromatic rings. The van der Waals surface area contributed by atoms with Crippen LogP contribution in [0.25, 0.3) is 0 Å². The number of rotatable bonds is 4. The summed E-state index contributed by atoms with van der Waals surface area (Å²) in [7, 11) is 0. The number of hydrogen-bond donors (Lipinski definition) is 2. The van der Waals surface area contributed by atoms with Gasteiger partial charge in [0.25, 0.3) is 5.91 Å². The van der Waals surface area contributed by atoms with Crippen LogP contribution in [0.3, 0.4) is 0 Å². The summed E-state index contributed by atoms with van der Waals surface area (Å²) in [6.07, 6.45) is 2.36. The molecule has 0 spiro atoms. The Morgan fingerprint density at radius 2 is 2.35 bits per heavy atom. The number of halogens is 1. The second-order valence-electron chi connectivity index (χ2n) is 4.95. The maximum atomic E-state index is 13.7. The predicted octanol–water partition coefficient (Wildman–Crippen LogP) is 2.09. The van der Waals surface area contributed by atoms with Crippen LogP contribution in [0.2, 0.25) is 0 Å². The largest absolute Gasteiger partial charge is 0.395 e. The summed E-state index contributed by atoms with van der Waals surface area (Å²) in [5.41, 5.74) is 0.607. The molecular formula is C16H18FNO2. The first kappa shape index (κ1) is 14.5. The lowest BCUT2D eigenvalue weighted by Crippen LogP contribution is -2.27. The summed E-state index contributed by atoms with van der Waals surface area (Å²) in [6, 6.07) is 4.42. The fourth-order valence-corrected chi connectivity index (χ4v) is 2.12. The molecule has 2 atom stereocenters. The molecule has 0 heterocycles. The molecular weight excluding hydrogens is 257 g/mol. The zero-order valence-electron chi connectivity index (χ0n) is 11.4. The van der Waals surface area contributed by atoms with E-state index in [1.807, 2.05) is 0 Å². The van der Waals surface area contributed by atoms with Gasteiger partial charge < -0.3 is 10.4 Å². The van der Waals surface area contributed by atoms with Crippen molar-refractivity contribution in [1.29, 1.82) is 0 Å². The zero-order chi connectivity index (χ0) is 14.5. The van der Waals surface area contributed by atoms with Gasteiger partial charge in [-0.1, -0.05) is 25.2 Å². The SMILES string of the molecule is CCC1CC1NC(=O)c1cc(C#CCCO)ccc1F. The lowest BCUT2D eigenvalue weighted by atomic mass is 10.1. The van der Waals surface area contributed by atoms with Crippen molar-refractivity contribution in [1.82, 2.24) is 5.32 Å². The first-order valence-corrected chi connectivity index (χ1v) is 6.85. The van der Waals surface area contributed by atoms with Gasteiger partial charge in [-0.25, -0.2) is 4.39 Å². The Balaban J connectivity index is 2.08. The lowest BCUT2D eigenvalue weighted by molar-refractivity contribution is 0.0945. The summed E-state index contributed by atoms with van der Waals surface area (Å²) in [4.78, 5) is 12.0. The number of amides is 1. The Labute approximate surface area is 118 Å². The normalized spacial score (nSPS) is 19.9. The Hall–Kier alpha value is -1.86. The zero-order valence-corrected chi connectivity index (χ0v) is 11.4. The van der Waals surface area contributed by atoms with Crippen molar-refractivity contribution in [3.8, 4) is 11.8 Å². The molecule has 4 heteroatoms. The molecule has 106 valence electrons. The fraction of sp³-hybridized carbons (Fsp3) is 0.438. The number of nitrogens with one attached hydrogen (secondary N) is 1. The predicted molar refractivity (Wildman–Crippen MR) is 74.6 cm³/mol. The van der Waals surface area contributed by atoms with E-state index in [0.717, 1.165) is 12.8 Å². The van der Waals surface area contributed by atoms with Crippen molar-refractivity contribution in [2.75, 3.05) is 6.61 Å². The van der Waals surface area contributed by atoms with Gasteiger partial charge in [0.2, 0.25) is 0 Å². The molecule has 1 amide bonds. The molecule has 1 fully saturated rings. The third kappa shape index (κ3) is 3.58. The monoisotopic (exact) mass is 275 g/mol. The van der Waals surface area contributed by atoms with Crippen LogP contribution in [0, 0.1) is 23.6 Å². The van der Waals surface area contributed by atoms with Gasteiger partial charge in [0.1, 0.15) is 5.82 Å². The maximum Gasteiger partial charge on any atom is 0.254 e. The number of carbonyl (C=O) groups is 1. The third-order valence-electron chi connectivity index (χ3n) is 3.44. The first-order valence-electron chi connectivity index (χ1n) is 6.85. The molecule has 1 aliphatic rings. The van der Waals surface area contributed by atoms with Gasteiger partial charge in [0.15, 0.2) is 0 Å². The van der Waals surface area contributed by atoms with E-state index >= 15 is 0 Å². The molecule has 0 saturated heterocycles. The van der Waals surface area contributed by atoms with Gasteiger partial charge in [0, 0.05) is 18.0 Å². The van der Waals surface area contributed by atoms with E-state index in [4.69, 9.17) is 5.11 Å². The fourth-order valence-electron chi connectivity index (χ4n) is 2.12. The van der Waals surface area contributed by atoms with Gasteiger partial charge in [0.05, 0.1) is 12.2 Å². The molecule has 0 bridgehead atoms. The highest BCUT2D eigenvalue weighted by Gasteiger charge is 2.36. The van der Waals surface area contributed by atoms with Gasteiger partial charge in [-0.3, -0.25) is 4.79 Å². The standard InChI is InChI=1S/C16H18FNO2/c1-2-12-10-15(12)18-16(20)13-9-11(5-3-4-8-19)6-7-14(13)17/h6-7,9,12,15,19H,2,4,8,10H2,1H3,(H,18,20). The van der Waals surface area contributed by atoms with Crippen LogP contribution in [0.5, 0.6) is 0 Å². The van der Waals surface area contributed by atoms with Crippen LogP contribution in [-0.2, 0) is 0 Å². The smallest absolute Gasteiger partial charge is 0.254 e. The molecule has 2 unspecified atom stereocenters. The minimum Gasteiger partial charge on any atom is -0.395 e. The van der Waals surface area contributed by atoms with E-state index in [1.54, 1.807) is 0 Å². The lowest BCUT2D eigenvalue weighted by Gasteiger charge is -2.06. The average Bonchev–Trinajstić information content (AvgIpc) is 3.19. The number of benzene rings is 1. The van der Waals surface area contributed by atoms with Crippen molar-refractivity contribution in [2.45, 2.75) is 32.2 Å². The molecule has 0 aliphatic heterocycles. The highest BCUT2D eigenvalue weighted by molar-refractivity contribution is 5.95. The molecule has 2 N–H and O–H groups in total. The van der Waals surface area contributed by atoms with Gasteiger partial charge in [-0.2, -0.15) is 0 Å². The minimum atomic E-state index is -0.538. The van der Waals surface area contributed by atoms with Crippen LogP contribution in [0.4, 0.5) is 4.39 Å². The highest BCUT2D eigenvalue weighted by atomic mass is 19.1. The van der Waals surface area contributed by atoms with Crippen LogP contribution in [0.15, 0.2) is 18.2 Å². The Kier molecular flexibility index (Phi) is 4.75. The molecule has 0 radical (unpaired) electrons. The minimum absolute atomic E-state index is 0.0123. The van der Waals surface area contributed by atoms with E-state index in [1.165, 1.54) is 18.2 Å². The Morgan fingerprint density at radius 1 is 1.55 bits per heavy atom. The summed E-state index contributed by atoms with van der Waals surface area (Å²) in [5.74, 6) is 5.16. The van der Waals surface area contributed by atoms with Gasteiger partial charge in [-0.05, 0) is 30.5 Å². The molecule has 1 saturated carbocycles. The first-order chi connectivity index (χ1) is 9.65. The van der Waals surface area contributed by atoms with Crippen LogP contribution in [0.1, 0.15) is 42.1 Å². The number of aliphatic hydroxyl groups excluding tert-OH is 1. The van der Waals surface area contributed by atoms with Crippen molar-refractivity contribution >= 4 is 5.91 Å². The molecule has 0 aromatic heterocycles. The van der Waals surface area contributed by atoms with E-state index in [0.29, 0.717) is 17.9 Å². The maximum absolute atomic E-state index is 13.7. The molecule has 2 rings (SSSR count). The third-order valence-corrected chi connectivity index (χ3v) is 3.44. The second kappa shape index (κ2) is 6.53. The average molecular weight is 275 g/mol. The van der Waals surface area contributed by atoms with Crippen LogP contribution in [-0.4, -0.2) is 23.7 Å². The van der Waals surface area contributed by atoms with Crippen molar-refractivity contribution in [2.24, 2.45) is 5.92 Å². The Morgan fingerprint density at radius 3 is 3.00 bits per heavy atom. The van der Waals surface area contributed by atoms with Gasteiger partial charge >= 0.3 is 0 Å².